The lowest BCUT2D eigenvalue weighted by molar-refractivity contribution is -0.941. The average Bonchev–Trinajstić information content (AvgIpc) is 2.56. The number of halogens is 1. The van der Waals surface area contributed by atoms with Crippen LogP contribution in [0.4, 0.5) is 0 Å². The van der Waals surface area contributed by atoms with E-state index in [9.17, 15) is 0 Å². The van der Waals surface area contributed by atoms with E-state index in [1.54, 1.807) is 0 Å². The van der Waals surface area contributed by atoms with Gasteiger partial charge in [-0.1, -0.05) is 77.0 Å². The molecule has 0 radical (unpaired) electrons. The van der Waals surface area contributed by atoms with Crippen molar-refractivity contribution in [1.82, 2.24) is 0 Å². The van der Waals surface area contributed by atoms with Gasteiger partial charge in [0, 0.05) is 5.56 Å². The zero-order chi connectivity index (χ0) is 16.3. The quantitative estimate of drug-likeness (QED) is 0.514. The van der Waals surface area contributed by atoms with Gasteiger partial charge in [-0.2, -0.15) is 0 Å². The fraction of sp³-hybridized carbons (Fsp3) is 0.619. The molecule has 0 aliphatic rings. The van der Waals surface area contributed by atoms with Crippen molar-refractivity contribution in [2.45, 2.75) is 65.8 Å². The topological polar surface area (TPSA) is 0 Å². The van der Waals surface area contributed by atoms with Crippen LogP contribution in [0, 0.1) is 0 Å². The maximum absolute atomic E-state index is 4.00. The largest absolute Gasteiger partial charge is 1.00 e. The Hall–Kier alpha value is -0.790. The van der Waals surface area contributed by atoms with Gasteiger partial charge in [-0.05, 0) is 24.8 Å². The van der Waals surface area contributed by atoms with E-state index in [1.165, 1.54) is 80.3 Å². The molecule has 23 heavy (non-hydrogen) atoms. The molecule has 132 valence electrons. The van der Waals surface area contributed by atoms with Crippen molar-refractivity contribution in [2.24, 2.45) is 0 Å². The number of quaternary nitrogens is 1. The average molecular weight is 338 g/mol. The molecule has 0 N–H and O–H groups in total. The molecule has 1 aromatic carbocycles. The summed E-state index contributed by atoms with van der Waals surface area (Å²) in [5.74, 6) is 0. The summed E-state index contributed by atoms with van der Waals surface area (Å²) in [6.07, 6.45) is 9.91. The van der Waals surface area contributed by atoms with Crippen LogP contribution in [-0.4, -0.2) is 24.1 Å². The molecule has 0 saturated heterocycles. The maximum Gasteiger partial charge on any atom is 0.105 e. The maximum atomic E-state index is 4.00. The molecule has 0 bridgehead atoms. The van der Waals surface area contributed by atoms with Crippen LogP contribution in [0.5, 0.6) is 0 Å². The highest BCUT2D eigenvalue weighted by Gasteiger charge is 2.26. The summed E-state index contributed by atoms with van der Waals surface area (Å²) in [5, 5.41) is 0. The lowest BCUT2D eigenvalue weighted by atomic mass is 10.0. The van der Waals surface area contributed by atoms with Crippen molar-refractivity contribution in [2.75, 3.05) is 19.6 Å². The number of hydrogen-bond donors (Lipinski definition) is 0. The molecule has 0 aliphatic carbocycles. The molecule has 2 heteroatoms. The second-order valence-corrected chi connectivity index (χ2v) is 6.63. The Morgan fingerprint density at radius 3 is 1.78 bits per heavy atom. The summed E-state index contributed by atoms with van der Waals surface area (Å²) < 4.78 is 1.26. The minimum atomic E-state index is 0. The van der Waals surface area contributed by atoms with Gasteiger partial charge in [0.25, 0.3) is 0 Å². The molecule has 0 aliphatic heterocycles. The molecule has 0 spiro atoms. The van der Waals surface area contributed by atoms with E-state index in [1.807, 2.05) is 6.08 Å². The monoisotopic (exact) mass is 337 g/mol. The van der Waals surface area contributed by atoms with Crippen LogP contribution in [0.15, 0.2) is 30.8 Å². The fourth-order valence-corrected chi connectivity index (χ4v) is 3.29. The number of benzene rings is 1. The van der Waals surface area contributed by atoms with Crippen molar-refractivity contribution >= 4 is 6.08 Å². The summed E-state index contributed by atoms with van der Waals surface area (Å²) >= 11 is 0. The van der Waals surface area contributed by atoms with Gasteiger partial charge >= 0.3 is 0 Å². The first-order chi connectivity index (χ1) is 10.7. The van der Waals surface area contributed by atoms with E-state index in [4.69, 9.17) is 0 Å². The molecule has 0 heterocycles. The normalized spacial score (nSPS) is 11.1. The van der Waals surface area contributed by atoms with E-state index >= 15 is 0 Å². The zero-order valence-corrected chi connectivity index (χ0v) is 16.2. The third-order valence-corrected chi connectivity index (χ3v) is 4.74. The summed E-state index contributed by atoms with van der Waals surface area (Å²) in [6.45, 7) is 16.1. The molecular formula is C21H36ClN. The SMILES string of the molecule is C=Cc1ccccc1C[N+](CCCC)(CCCC)CCCC.[Cl-]. The van der Waals surface area contributed by atoms with Gasteiger partial charge in [-0.3, -0.25) is 0 Å². The van der Waals surface area contributed by atoms with Gasteiger partial charge in [0.05, 0.1) is 19.6 Å². The highest BCUT2D eigenvalue weighted by molar-refractivity contribution is 5.51. The molecule has 1 aromatic rings. The molecule has 0 unspecified atom stereocenters. The number of nitrogens with zero attached hydrogens (tertiary/aromatic N) is 1. The van der Waals surface area contributed by atoms with E-state index in [0.717, 1.165) is 0 Å². The fourth-order valence-electron chi connectivity index (χ4n) is 3.29. The smallest absolute Gasteiger partial charge is 0.105 e. The molecule has 1 nitrogen and oxygen atoms in total. The minimum absolute atomic E-state index is 0. The summed E-state index contributed by atoms with van der Waals surface area (Å²) in [5.41, 5.74) is 2.79. The van der Waals surface area contributed by atoms with Crippen LogP contribution in [0.2, 0.25) is 0 Å². The van der Waals surface area contributed by atoms with Gasteiger partial charge in [0.1, 0.15) is 6.54 Å². The van der Waals surface area contributed by atoms with Crippen LogP contribution in [0.25, 0.3) is 6.08 Å². The van der Waals surface area contributed by atoms with E-state index in [0.29, 0.717) is 0 Å². The second-order valence-electron chi connectivity index (χ2n) is 6.63. The lowest BCUT2D eigenvalue weighted by Crippen LogP contribution is -3.00. The minimum Gasteiger partial charge on any atom is -1.00 e. The molecule has 0 aromatic heterocycles. The molecule has 0 amide bonds. The van der Waals surface area contributed by atoms with Crippen molar-refractivity contribution in [1.29, 1.82) is 0 Å². The highest BCUT2D eigenvalue weighted by atomic mass is 35.5. The van der Waals surface area contributed by atoms with Crippen molar-refractivity contribution in [3.05, 3.63) is 42.0 Å². The van der Waals surface area contributed by atoms with Crippen LogP contribution in [0.3, 0.4) is 0 Å². The summed E-state index contributed by atoms with van der Waals surface area (Å²) in [7, 11) is 0. The molecule has 0 saturated carbocycles. The van der Waals surface area contributed by atoms with Gasteiger partial charge in [-0.25, -0.2) is 0 Å². The van der Waals surface area contributed by atoms with E-state index < -0.39 is 0 Å². The van der Waals surface area contributed by atoms with E-state index in [-0.39, 0.29) is 12.4 Å². The van der Waals surface area contributed by atoms with Crippen LogP contribution >= 0.6 is 0 Å². The summed E-state index contributed by atoms with van der Waals surface area (Å²) in [4.78, 5) is 0. The molecule has 0 atom stereocenters. The van der Waals surface area contributed by atoms with Gasteiger partial charge in [-0.15, -0.1) is 0 Å². The molecule has 1 rings (SSSR count). The first-order valence-electron chi connectivity index (χ1n) is 9.26. The first-order valence-corrected chi connectivity index (χ1v) is 9.26. The van der Waals surface area contributed by atoms with Crippen LogP contribution in [0.1, 0.15) is 70.4 Å². The highest BCUT2D eigenvalue weighted by Crippen LogP contribution is 2.22. The lowest BCUT2D eigenvalue weighted by Gasteiger charge is -2.39. The third-order valence-electron chi connectivity index (χ3n) is 4.74. The van der Waals surface area contributed by atoms with E-state index in [2.05, 4.69) is 51.6 Å². The predicted octanol–water partition coefficient (Wildman–Crippen LogP) is 3.05. The Bertz CT molecular complexity index is 406. The van der Waals surface area contributed by atoms with Crippen LogP contribution in [-0.2, 0) is 6.54 Å². The molecule has 0 fully saturated rings. The molecular weight excluding hydrogens is 302 g/mol. The summed E-state index contributed by atoms with van der Waals surface area (Å²) in [6, 6.07) is 8.81. The standard InChI is InChI=1S/C21H36N.ClH/c1-5-9-16-22(17-10-6-2,18-11-7-3)19-21-15-13-12-14-20(21)8-4;/h8,12-15H,4-7,9-11,16-19H2,1-3H3;1H/q+1;/p-1. The Morgan fingerprint density at radius 1 is 0.870 bits per heavy atom. The number of rotatable bonds is 12. The van der Waals surface area contributed by atoms with Crippen molar-refractivity contribution < 1.29 is 16.9 Å². The Morgan fingerprint density at radius 2 is 1.35 bits per heavy atom. The van der Waals surface area contributed by atoms with Crippen molar-refractivity contribution in [3.8, 4) is 0 Å². The van der Waals surface area contributed by atoms with Crippen molar-refractivity contribution in [3.63, 3.8) is 0 Å². The van der Waals surface area contributed by atoms with Crippen LogP contribution < -0.4 is 12.4 Å². The first kappa shape index (κ1) is 22.2. The Balaban J connectivity index is 0.00000484. The van der Waals surface area contributed by atoms with Gasteiger partial charge < -0.3 is 16.9 Å². The predicted molar refractivity (Wildman–Crippen MR) is 99.8 cm³/mol. The Labute approximate surface area is 150 Å². The zero-order valence-electron chi connectivity index (χ0n) is 15.5. The number of unbranched alkanes of at least 4 members (excludes halogenated alkanes) is 3. The van der Waals surface area contributed by atoms with Gasteiger partial charge in [0.15, 0.2) is 0 Å². The number of hydrogen-bond acceptors (Lipinski definition) is 0. The van der Waals surface area contributed by atoms with Gasteiger partial charge in [0.2, 0.25) is 0 Å². The third kappa shape index (κ3) is 7.54. The second kappa shape index (κ2) is 12.6. The Kier molecular flexibility index (Phi) is 12.2.